The highest BCUT2D eigenvalue weighted by Gasteiger charge is 2.02. The van der Waals surface area contributed by atoms with Crippen molar-refractivity contribution in [2.24, 2.45) is 0 Å². The molecule has 2 aromatic rings. The Labute approximate surface area is 75.8 Å². The molecular formula is C10H10N2O. The SMILES string of the molecule is O=CCCc1n[nH]c2ccccc12. The number of aromatic nitrogens is 2. The van der Waals surface area contributed by atoms with Crippen molar-refractivity contribution in [1.82, 2.24) is 10.2 Å². The fourth-order valence-electron chi connectivity index (χ4n) is 1.41. The van der Waals surface area contributed by atoms with Gasteiger partial charge in [-0.1, -0.05) is 18.2 Å². The average Bonchev–Trinajstić information content (AvgIpc) is 2.58. The van der Waals surface area contributed by atoms with Gasteiger partial charge in [-0.05, 0) is 12.5 Å². The Bertz CT molecular complexity index is 420. The second-order valence-electron chi connectivity index (χ2n) is 2.92. The van der Waals surface area contributed by atoms with Crippen LogP contribution in [-0.4, -0.2) is 16.5 Å². The van der Waals surface area contributed by atoms with E-state index in [2.05, 4.69) is 10.2 Å². The molecule has 1 N–H and O–H groups in total. The van der Waals surface area contributed by atoms with Gasteiger partial charge in [0.05, 0.1) is 11.2 Å². The van der Waals surface area contributed by atoms with E-state index in [0.29, 0.717) is 12.8 Å². The second kappa shape index (κ2) is 3.39. The molecule has 1 aromatic heterocycles. The van der Waals surface area contributed by atoms with E-state index in [9.17, 15) is 4.79 Å². The number of carbonyl (C=O) groups is 1. The van der Waals surface area contributed by atoms with Gasteiger partial charge in [-0.2, -0.15) is 5.10 Å². The molecule has 13 heavy (non-hydrogen) atoms. The van der Waals surface area contributed by atoms with E-state index in [1.165, 1.54) is 0 Å². The summed E-state index contributed by atoms with van der Waals surface area (Å²) in [6.45, 7) is 0. The number of aryl methyl sites for hydroxylation is 1. The molecule has 0 unspecified atom stereocenters. The first-order valence-electron chi connectivity index (χ1n) is 4.27. The van der Waals surface area contributed by atoms with Gasteiger partial charge in [0.2, 0.25) is 0 Å². The van der Waals surface area contributed by atoms with Gasteiger partial charge < -0.3 is 4.79 Å². The normalized spacial score (nSPS) is 10.5. The van der Waals surface area contributed by atoms with E-state index in [4.69, 9.17) is 0 Å². The minimum atomic E-state index is 0.537. The molecule has 0 aliphatic heterocycles. The van der Waals surface area contributed by atoms with Crippen molar-refractivity contribution in [2.45, 2.75) is 12.8 Å². The molecule has 0 saturated carbocycles. The maximum absolute atomic E-state index is 10.2. The molecule has 1 heterocycles. The van der Waals surface area contributed by atoms with Crippen molar-refractivity contribution in [3.8, 4) is 0 Å². The van der Waals surface area contributed by atoms with Crippen molar-refractivity contribution in [1.29, 1.82) is 0 Å². The summed E-state index contributed by atoms with van der Waals surface area (Å²) >= 11 is 0. The van der Waals surface area contributed by atoms with Gasteiger partial charge in [0, 0.05) is 11.8 Å². The minimum absolute atomic E-state index is 0.537. The zero-order valence-corrected chi connectivity index (χ0v) is 7.16. The third-order valence-electron chi connectivity index (χ3n) is 2.05. The first-order valence-corrected chi connectivity index (χ1v) is 4.27. The molecule has 0 saturated heterocycles. The Balaban J connectivity index is 2.40. The minimum Gasteiger partial charge on any atom is -0.303 e. The topological polar surface area (TPSA) is 45.8 Å². The van der Waals surface area contributed by atoms with Crippen LogP contribution in [0.5, 0.6) is 0 Å². The van der Waals surface area contributed by atoms with Crippen molar-refractivity contribution < 1.29 is 4.79 Å². The third-order valence-corrected chi connectivity index (χ3v) is 2.05. The molecule has 0 radical (unpaired) electrons. The predicted octanol–water partition coefficient (Wildman–Crippen LogP) is 1.69. The number of hydrogen-bond donors (Lipinski definition) is 1. The van der Waals surface area contributed by atoms with E-state index in [-0.39, 0.29) is 0 Å². The van der Waals surface area contributed by atoms with Gasteiger partial charge in [0.25, 0.3) is 0 Å². The fourth-order valence-corrected chi connectivity index (χ4v) is 1.41. The number of carbonyl (C=O) groups excluding carboxylic acids is 1. The molecule has 1 aromatic carbocycles. The summed E-state index contributed by atoms with van der Waals surface area (Å²) < 4.78 is 0. The molecule has 0 fully saturated rings. The van der Waals surface area contributed by atoms with Crippen molar-refractivity contribution in [3.63, 3.8) is 0 Å². The number of H-pyrrole nitrogens is 1. The van der Waals surface area contributed by atoms with E-state index < -0.39 is 0 Å². The molecule has 3 nitrogen and oxygen atoms in total. The number of nitrogens with zero attached hydrogens (tertiary/aromatic N) is 1. The van der Waals surface area contributed by atoms with Crippen LogP contribution in [0.25, 0.3) is 10.9 Å². The summed E-state index contributed by atoms with van der Waals surface area (Å²) in [5, 5.41) is 8.20. The molecule has 0 atom stereocenters. The Morgan fingerprint density at radius 3 is 3.08 bits per heavy atom. The van der Waals surface area contributed by atoms with Gasteiger partial charge in [0.1, 0.15) is 6.29 Å². The molecule has 0 aliphatic rings. The molecule has 2 rings (SSSR count). The molecule has 3 heteroatoms. The van der Waals surface area contributed by atoms with Crippen molar-refractivity contribution in [2.75, 3.05) is 0 Å². The standard InChI is InChI=1S/C10H10N2O/c13-7-3-6-10-8-4-1-2-5-9(8)11-12-10/h1-2,4-5,7H,3,6H2,(H,11,12). The number of nitrogens with one attached hydrogen (secondary N) is 1. The highest BCUT2D eigenvalue weighted by Crippen LogP contribution is 2.15. The Hall–Kier alpha value is -1.64. The van der Waals surface area contributed by atoms with Crippen LogP contribution in [-0.2, 0) is 11.2 Å². The zero-order chi connectivity index (χ0) is 9.10. The maximum Gasteiger partial charge on any atom is 0.120 e. The highest BCUT2D eigenvalue weighted by molar-refractivity contribution is 5.81. The largest absolute Gasteiger partial charge is 0.303 e. The van der Waals surface area contributed by atoms with Crippen LogP contribution < -0.4 is 0 Å². The monoisotopic (exact) mass is 174 g/mol. The third kappa shape index (κ3) is 1.45. The van der Waals surface area contributed by atoms with Crippen LogP contribution in [0.15, 0.2) is 24.3 Å². The summed E-state index contributed by atoms with van der Waals surface area (Å²) in [7, 11) is 0. The molecule has 66 valence electrons. The number of benzene rings is 1. The van der Waals surface area contributed by atoms with E-state index >= 15 is 0 Å². The molecule has 0 amide bonds. The van der Waals surface area contributed by atoms with Crippen LogP contribution >= 0.6 is 0 Å². The number of para-hydroxylation sites is 1. The predicted molar refractivity (Wildman–Crippen MR) is 50.5 cm³/mol. The Morgan fingerprint density at radius 1 is 1.38 bits per heavy atom. The number of hydrogen-bond acceptors (Lipinski definition) is 2. The summed E-state index contributed by atoms with van der Waals surface area (Å²) in [4.78, 5) is 10.2. The van der Waals surface area contributed by atoms with Gasteiger partial charge in [-0.3, -0.25) is 5.10 Å². The van der Waals surface area contributed by atoms with Crippen LogP contribution in [0, 0.1) is 0 Å². The van der Waals surface area contributed by atoms with Gasteiger partial charge in [0.15, 0.2) is 0 Å². The number of fused-ring (bicyclic) bond motifs is 1. The molecule has 0 aliphatic carbocycles. The number of aldehydes is 1. The zero-order valence-electron chi connectivity index (χ0n) is 7.16. The first-order chi connectivity index (χ1) is 6.42. The highest BCUT2D eigenvalue weighted by atomic mass is 16.1. The van der Waals surface area contributed by atoms with Crippen molar-refractivity contribution >= 4 is 17.2 Å². The lowest BCUT2D eigenvalue weighted by Crippen LogP contribution is -1.86. The van der Waals surface area contributed by atoms with Crippen LogP contribution in [0.3, 0.4) is 0 Å². The maximum atomic E-state index is 10.2. The lowest BCUT2D eigenvalue weighted by atomic mass is 10.1. The Morgan fingerprint density at radius 2 is 2.23 bits per heavy atom. The van der Waals surface area contributed by atoms with E-state index in [1.807, 2.05) is 24.3 Å². The van der Waals surface area contributed by atoms with E-state index in [1.54, 1.807) is 0 Å². The average molecular weight is 174 g/mol. The summed E-state index contributed by atoms with van der Waals surface area (Å²) in [5.41, 5.74) is 2.01. The Kier molecular flexibility index (Phi) is 2.08. The summed E-state index contributed by atoms with van der Waals surface area (Å²) in [6.07, 6.45) is 2.17. The quantitative estimate of drug-likeness (QED) is 0.720. The lowest BCUT2D eigenvalue weighted by Gasteiger charge is -1.91. The van der Waals surface area contributed by atoms with Gasteiger partial charge in [-0.15, -0.1) is 0 Å². The smallest absolute Gasteiger partial charge is 0.120 e. The van der Waals surface area contributed by atoms with Crippen LogP contribution in [0.2, 0.25) is 0 Å². The lowest BCUT2D eigenvalue weighted by molar-refractivity contribution is -0.107. The molecular weight excluding hydrogens is 164 g/mol. The van der Waals surface area contributed by atoms with Gasteiger partial charge >= 0.3 is 0 Å². The number of rotatable bonds is 3. The van der Waals surface area contributed by atoms with Gasteiger partial charge in [-0.25, -0.2) is 0 Å². The fraction of sp³-hybridized carbons (Fsp3) is 0.200. The van der Waals surface area contributed by atoms with Crippen LogP contribution in [0.4, 0.5) is 0 Å². The molecule has 0 spiro atoms. The molecule has 0 bridgehead atoms. The number of aromatic amines is 1. The first kappa shape index (κ1) is 7.98. The summed E-state index contributed by atoms with van der Waals surface area (Å²) in [5.74, 6) is 0. The van der Waals surface area contributed by atoms with Crippen molar-refractivity contribution in [3.05, 3.63) is 30.0 Å². The second-order valence-corrected chi connectivity index (χ2v) is 2.92. The van der Waals surface area contributed by atoms with E-state index in [0.717, 1.165) is 22.9 Å². The summed E-state index contributed by atoms with van der Waals surface area (Å²) in [6, 6.07) is 7.93. The van der Waals surface area contributed by atoms with Crippen LogP contribution in [0.1, 0.15) is 12.1 Å².